The van der Waals surface area contributed by atoms with Crippen molar-refractivity contribution >= 4 is 0 Å². The summed E-state index contributed by atoms with van der Waals surface area (Å²) < 4.78 is 6.23. The van der Waals surface area contributed by atoms with Gasteiger partial charge in [-0.05, 0) is 56.5 Å². The van der Waals surface area contributed by atoms with E-state index in [1.54, 1.807) is 0 Å². The van der Waals surface area contributed by atoms with E-state index in [0.29, 0.717) is 6.04 Å². The van der Waals surface area contributed by atoms with E-state index < -0.39 is 0 Å². The monoisotopic (exact) mass is 263 g/mol. The van der Waals surface area contributed by atoms with Crippen LogP contribution in [0.5, 0.6) is 5.75 Å². The van der Waals surface area contributed by atoms with E-state index in [0.717, 1.165) is 25.1 Å². The molecule has 0 saturated carbocycles. The zero-order valence-corrected chi connectivity index (χ0v) is 13.1. The van der Waals surface area contributed by atoms with Gasteiger partial charge in [-0.3, -0.25) is 0 Å². The van der Waals surface area contributed by atoms with Crippen molar-refractivity contribution in [3.63, 3.8) is 0 Å². The molecule has 0 fully saturated rings. The van der Waals surface area contributed by atoms with Crippen molar-refractivity contribution in [3.05, 3.63) is 29.3 Å². The maximum atomic E-state index is 6.23. The normalized spacial score (nSPS) is 14.2. The number of ether oxygens (including phenoxy) is 1. The Balaban J connectivity index is 2.78. The maximum Gasteiger partial charge on any atom is 0.120 e. The van der Waals surface area contributed by atoms with Crippen molar-refractivity contribution < 1.29 is 4.74 Å². The van der Waals surface area contributed by atoms with Gasteiger partial charge in [0.1, 0.15) is 11.9 Å². The molecule has 0 aliphatic carbocycles. The van der Waals surface area contributed by atoms with Crippen LogP contribution in [0.15, 0.2) is 18.2 Å². The Kier molecular flexibility index (Phi) is 6.93. The summed E-state index contributed by atoms with van der Waals surface area (Å²) >= 11 is 0. The molecule has 0 saturated heterocycles. The molecule has 19 heavy (non-hydrogen) atoms. The van der Waals surface area contributed by atoms with Gasteiger partial charge in [-0.25, -0.2) is 0 Å². The molecule has 2 atom stereocenters. The first-order valence-electron chi connectivity index (χ1n) is 7.59. The highest BCUT2D eigenvalue weighted by atomic mass is 16.5. The van der Waals surface area contributed by atoms with Crippen molar-refractivity contribution in [1.29, 1.82) is 0 Å². The molecule has 2 nitrogen and oxygen atoms in total. The molecular formula is C17H29NO. The summed E-state index contributed by atoms with van der Waals surface area (Å²) in [6.07, 6.45) is 3.63. The van der Waals surface area contributed by atoms with Gasteiger partial charge in [0.2, 0.25) is 0 Å². The Morgan fingerprint density at radius 2 is 1.68 bits per heavy atom. The number of aryl methyl sites for hydroxylation is 2. The van der Waals surface area contributed by atoms with Crippen molar-refractivity contribution in [2.24, 2.45) is 0 Å². The van der Waals surface area contributed by atoms with Crippen LogP contribution in [0, 0.1) is 13.8 Å². The minimum absolute atomic E-state index is 0.251. The van der Waals surface area contributed by atoms with Crippen LogP contribution in [-0.4, -0.2) is 18.7 Å². The van der Waals surface area contributed by atoms with E-state index >= 15 is 0 Å². The Hall–Kier alpha value is -1.02. The molecule has 1 aromatic rings. The highest BCUT2D eigenvalue weighted by Gasteiger charge is 2.20. The van der Waals surface area contributed by atoms with Crippen LogP contribution in [0.25, 0.3) is 0 Å². The van der Waals surface area contributed by atoms with Gasteiger partial charge in [-0.15, -0.1) is 0 Å². The fraction of sp³-hybridized carbons (Fsp3) is 0.647. The van der Waals surface area contributed by atoms with E-state index in [4.69, 9.17) is 4.74 Å². The second kappa shape index (κ2) is 8.21. The average Bonchev–Trinajstić information content (AvgIpc) is 2.34. The summed E-state index contributed by atoms with van der Waals surface area (Å²) in [7, 11) is 0. The third-order valence-corrected chi connectivity index (χ3v) is 3.40. The summed E-state index contributed by atoms with van der Waals surface area (Å²) in [5.74, 6) is 1.00. The standard InChI is InChI=1S/C17H29NO/c1-6-9-16(18-8-3)17(7-2)19-15-11-13(4)10-14(5)12-15/h10-12,16-18H,6-9H2,1-5H3. The van der Waals surface area contributed by atoms with Gasteiger partial charge in [-0.2, -0.15) is 0 Å². The molecule has 1 aromatic carbocycles. The third kappa shape index (κ3) is 5.23. The predicted molar refractivity (Wildman–Crippen MR) is 83.0 cm³/mol. The van der Waals surface area contributed by atoms with Crippen LogP contribution in [0.4, 0.5) is 0 Å². The van der Waals surface area contributed by atoms with Crippen molar-refractivity contribution in [1.82, 2.24) is 5.32 Å². The summed E-state index contributed by atoms with van der Waals surface area (Å²) in [5.41, 5.74) is 2.53. The van der Waals surface area contributed by atoms with Crippen LogP contribution >= 0.6 is 0 Å². The summed E-state index contributed by atoms with van der Waals surface area (Å²) in [6.45, 7) is 11.8. The number of hydrogen-bond acceptors (Lipinski definition) is 2. The van der Waals surface area contributed by atoms with Crippen LogP contribution in [0.2, 0.25) is 0 Å². The Labute approximate surface area is 118 Å². The molecule has 1 rings (SSSR count). The quantitative estimate of drug-likeness (QED) is 0.757. The smallest absolute Gasteiger partial charge is 0.120 e. The van der Waals surface area contributed by atoms with E-state index in [1.165, 1.54) is 17.5 Å². The summed E-state index contributed by atoms with van der Waals surface area (Å²) in [6, 6.07) is 6.89. The Morgan fingerprint density at radius 1 is 1.05 bits per heavy atom. The van der Waals surface area contributed by atoms with Crippen molar-refractivity contribution in [3.8, 4) is 5.75 Å². The lowest BCUT2D eigenvalue weighted by molar-refractivity contribution is 0.143. The summed E-state index contributed by atoms with van der Waals surface area (Å²) in [5, 5.41) is 3.56. The minimum atomic E-state index is 0.251. The molecule has 0 bridgehead atoms. The van der Waals surface area contributed by atoms with Gasteiger partial charge < -0.3 is 10.1 Å². The van der Waals surface area contributed by atoms with E-state index in [2.05, 4.69) is 58.1 Å². The van der Waals surface area contributed by atoms with E-state index in [1.807, 2.05) is 0 Å². The fourth-order valence-corrected chi connectivity index (χ4v) is 2.62. The lowest BCUT2D eigenvalue weighted by Gasteiger charge is -2.28. The first kappa shape index (κ1) is 16.0. The summed E-state index contributed by atoms with van der Waals surface area (Å²) in [4.78, 5) is 0. The molecule has 1 N–H and O–H groups in total. The SMILES string of the molecule is CCCC(NCC)C(CC)Oc1cc(C)cc(C)c1. The van der Waals surface area contributed by atoms with Crippen molar-refractivity contribution in [2.75, 3.05) is 6.54 Å². The van der Waals surface area contributed by atoms with Crippen LogP contribution in [0.1, 0.15) is 51.2 Å². The Bertz CT molecular complexity index is 349. The number of nitrogens with one attached hydrogen (secondary N) is 1. The topological polar surface area (TPSA) is 21.3 Å². The molecule has 0 aliphatic rings. The predicted octanol–water partition coefficient (Wildman–Crippen LogP) is 4.24. The average molecular weight is 263 g/mol. The molecule has 0 aliphatic heterocycles. The number of hydrogen-bond donors (Lipinski definition) is 1. The zero-order valence-electron chi connectivity index (χ0n) is 13.1. The molecule has 0 radical (unpaired) electrons. The van der Waals surface area contributed by atoms with Gasteiger partial charge in [0.25, 0.3) is 0 Å². The van der Waals surface area contributed by atoms with E-state index in [9.17, 15) is 0 Å². The largest absolute Gasteiger partial charge is 0.489 e. The third-order valence-electron chi connectivity index (χ3n) is 3.40. The molecule has 2 heteroatoms. The lowest BCUT2D eigenvalue weighted by atomic mass is 10.0. The van der Waals surface area contributed by atoms with Crippen molar-refractivity contribution in [2.45, 2.75) is 66.0 Å². The zero-order chi connectivity index (χ0) is 14.3. The number of benzene rings is 1. The van der Waals surface area contributed by atoms with Gasteiger partial charge in [0, 0.05) is 6.04 Å². The van der Waals surface area contributed by atoms with Gasteiger partial charge in [0.15, 0.2) is 0 Å². The first-order valence-corrected chi connectivity index (χ1v) is 7.59. The van der Waals surface area contributed by atoms with Gasteiger partial charge in [-0.1, -0.05) is 33.3 Å². The molecule has 0 spiro atoms. The van der Waals surface area contributed by atoms with Crippen LogP contribution < -0.4 is 10.1 Å². The molecule has 0 aromatic heterocycles. The van der Waals surface area contributed by atoms with Crippen LogP contribution in [-0.2, 0) is 0 Å². The first-order chi connectivity index (χ1) is 9.10. The fourth-order valence-electron chi connectivity index (χ4n) is 2.62. The highest BCUT2D eigenvalue weighted by molar-refractivity contribution is 5.33. The number of rotatable bonds is 8. The molecule has 0 heterocycles. The van der Waals surface area contributed by atoms with Crippen LogP contribution in [0.3, 0.4) is 0 Å². The lowest BCUT2D eigenvalue weighted by Crippen LogP contribution is -2.42. The van der Waals surface area contributed by atoms with E-state index in [-0.39, 0.29) is 6.10 Å². The molecule has 2 unspecified atom stereocenters. The maximum absolute atomic E-state index is 6.23. The second-order valence-electron chi connectivity index (χ2n) is 5.34. The van der Waals surface area contributed by atoms with Gasteiger partial charge in [0.05, 0.1) is 0 Å². The highest BCUT2D eigenvalue weighted by Crippen LogP contribution is 2.20. The number of likely N-dealkylation sites (N-methyl/N-ethyl adjacent to an activating group) is 1. The molecular weight excluding hydrogens is 234 g/mol. The second-order valence-corrected chi connectivity index (χ2v) is 5.34. The Morgan fingerprint density at radius 3 is 2.16 bits per heavy atom. The van der Waals surface area contributed by atoms with Gasteiger partial charge >= 0.3 is 0 Å². The minimum Gasteiger partial charge on any atom is -0.489 e. The molecule has 0 amide bonds. The molecule has 108 valence electrons.